The van der Waals surface area contributed by atoms with E-state index >= 15 is 0 Å². The first-order chi connectivity index (χ1) is 9.49. The fourth-order valence-corrected chi connectivity index (χ4v) is 1.51. The topological polar surface area (TPSA) is 98.9 Å². The zero-order chi connectivity index (χ0) is 15.1. The van der Waals surface area contributed by atoms with Gasteiger partial charge in [-0.3, -0.25) is 10.1 Å². The summed E-state index contributed by atoms with van der Waals surface area (Å²) in [6, 6.07) is 5.75. The number of hydrogen-bond donors (Lipinski definition) is 1. The van der Waals surface area contributed by atoms with Crippen molar-refractivity contribution in [1.82, 2.24) is 0 Å². The van der Waals surface area contributed by atoms with Crippen molar-refractivity contribution in [3.8, 4) is 0 Å². The van der Waals surface area contributed by atoms with Crippen molar-refractivity contribution in [2.75, 3.05) is 14.2 Å². The molecule has 0 aliphatic carbocycles. The molecule has 20 heavy (non-hydrogen) atoms. The third-order valence-electron chi connectivity index (χ3n) is 2.59. The third kappa shape index (κ3) is 4.15. The number of methoxy groups -OCH3 is 2. The van der Waals surface area contributed by atoms with Crippen LogP contribution in [-0.2, 0) is 14.3 Å². The van der Waals surface area contributed by atoms with Crippen molar-refractivity contribution < 1.29 is 24.3 Å². The minimum absolute atomic E-state index is 0.0213. The van der Waals surface area contributed by atoms with Gasteiger partial charge in [-0.15, -0.1) is 0 Å². The number of nitrogens with zero attached hydrogens (tertiary/aromatic N) is 1. The van der Waals surface area contributed by atoms with Crippen molar-refractivity contribution in [3.05, 3.63) is 46.0 Å². The molecule has 2 atom stereocenters. The number of aliphatic hydroxyl groups is 1. The lowest BCUT2D eigenvalue weighted by molar-refractivity contribution is -0.384. The molecule has 0 aliphatic rings. The minimum Gasteiger partial charge on any atom is -0.467 e. The highest BCUT2D eigenvalue weighted by molar-refractivity contribution is 5.76. The van der Waals surface area contributed by atoms with Crippen molar-refractivity contribution in [2.45, 2.75) is 12.2 Å². The van der Waals surface area contributed by atoms with Gasteiger partial charge in [-0.2, -0.15) is 0 Å². The van der Waals surface area contributed by atoms with Crippen LogP contribution in [0.3, 0.4) is 0 Å². The van der Waals surface area contributed by atoms with Crippen LogP contribution < -0.4 is 0 Å². The number of nitro benzene ring substituents is 1. The second-order valence-electron chi connectivity index (χ2n) is 3.88. The van der Waals surface area contributed by atoms with E-state index in [0.29, 0.717) is 5.56 Å². The third-order valence-corrected chi connectivity index (χ3v) is 2.59. The van der Waals surface area contributed by atoms with Crippen molar-refractivity contribution in [2.24, 2.45) is 0 Å². The summed E-state index contributed by atoms with van der Waals surface area (Å²) in [5, 5.41) is 20.3. The van der Waals surface area contributed by atoms with Crippen molar-refractivity contribution in [1.29, 1.82) is 0 Å². The molecule has 0 radical (unpaired) electrons. The predicted octanol–water partition coefficient (Wildman–Crippen LogP) is 1.16. The van der Waals surface area contributed by atoms with Crippen LogP contribution in [0, 0.1) is 10.1 Å². The molecule has 7 heteroatoms. The van der Waals surface area contributed by atoms with E-state index in [1.54, 1.807) is 0 Å². The summed E-state index contributed by atoms with van der Waals surface area (Å²) in [4.78, 5) is 21.3. The first-order valence-electron chi connectivity index (χ1n) is 5.71. The van der Waals surface area contributed by atoms with E-state index < -0.39 is 23.1 Å². The SMILES string of the molecule is COC(=O)[C@@H](OC)[C@H](O)/C=C/c1ccc([N+](=O)[O-])cc1. The molecule has 0 bridgehead atoms. The van der Waals surface area contributed by atoms with Gasteiger partial charge >= 0.3 is 5.97 Å². The van der Waals surface area contributed by atoms with Gasteiger partial charge in [0.1, 0.15) is 6.10 Å². The Hall–Kier alpha value is -2.25. The Balaban J connectivity index is 2.75. The molecule has 1 aromatic rings. The van der Waals surface area contributed by atoms with Gasteiger partial charge in [0.25, 0.3) is 5.69 Å². The number of aliphatic hydroxyl groups excluding tert-OH is 1. The van der Waals surface area contributed by atoms with Gasteiger partial charge in [-0.25, -0.2) is 4.79 Å². The Morgan fingerprint density at radius 3 is 2.40 bits per heavy atom. The van der Waals surface area contributed by atoms with Crippen LogP contribution in [-0.4, -0.2) is 42.4 Å². The highest BCUT2D eigenvalue weighted by atomic mass is 16.6. The first-order valence-corrected chi connectivity index (χ1v) is 5.71. The molecule has 1 rings (SSSR count). The number of non-ortho nitro benzene ring substituents is 1. The molecule has 1 aromatic carbocycles. The summed E-state index contributed by atoms with van der Waals surface area (Å²) in [6.45, 7) is 0. The number of carbonyl (C=O) groups is 1. The molecule has 0 saturated heterocycles. The minimum atomic E-state index is -1.18. The van der Waals surface area contributed by atoms with E-state index in [1.807, 2.05) is 0 Å². The molecule has 108 valence electrons. The molecule has 0 aromatic heterocycles. The van der Waals surface area contributed by atoms with E-state index in [4.69, 9.17) is 4.74 Å². The van der Waals surface area contributed by atoms with Crippen molar-refractivity contribution in [3.63, 3.8) is 0 Å². The number of carbonyl (C=O) groups excluding carboxylic acids is 1. The Morgan fingerprint density at radius 2 is 1.95 bits per heavy atom. The Bertz CT molecular complexity index is 496. The van der Waals surface area contributed by atoms with Crippen LogP contribution in [0.4, 0.5) is 5.69 Å². The predicted molar refractivity (Wildman–Crippen MR) is 71.0 cm³/mol. The van der Waals surface area contributed by atoms with Gasteiger partial charge in [-0.1, -0.05) is 12.2 Å². The molecule has 7 nitrogen and oxygen atoms in total. The van der Waals surface area contributed by atoms with Crippen LogP contribution in [0.25, 0.3) is 6.08 Å². The zero-order valence-electron chi connectivity index (χ0n) is 11.1. The van der Waals surface area contributed by atoms with Gasteiger partial charge < -0.3 is 14.6 Å². The molecule has 0 unspecified atom stereocenters. The number of ether oxygens (including phenoxy) is 2. The van der Waals surface area contributed by atoms with E-state index in [1.165, 1.54) is 50.6 Å². The van der Waals surface area contributed by atoms with E-state index in [9.17, 15) is 20.0 Å². The van der Waals surface area contributed by atoms with Crippen LogP contribution >= 0.6 is 0 Å². The maximum Gasteiger partial charge on any atom is 0.338 e. The van der Waals surface area contributed by atoms with E-state index in [0.717, 1.165) is 0 Å². The van der Waals surface area contributed by atoms with E-state index in [-0.39, 0.29) is 5.69 Å². The average Bonchev–Trinajstić information content (AvgIpc) is 2.46. The van der Waals surface area contributed by atoms with Crippen LogP contribution in [0.15, 0.2) is 30.3 Å². The maximum absolute atomic E-state index is 11.3. The number of benzene rings is 1. The number of hydrogen-bond acceptors (Lipinski definition) is 6. The molecule has 0 heterocycles. The summed E-state index contributed by atoms with van der Waals surface area (Å²) in [5.74, 6) is -0.687. The lowest BCUT2D eigenvalue weighted by Crippen LogP contribution is -2.35. The summed E-state index contributed by atoms with van der Waals surface area (Å²) in [6.07, 6.45) is 0.590. The standard InChI is InChI=1S/C13H15NO6/c1-19-12(13(16)20-2)11(15)8-5-9-3-6-10(7-4-9)14(17)18/h3-8,11-12,15H,1-2H3/b8-5+/t11-,12+/m1/s1. The fraction of sp³-hybridized carbons (Fsp3) is 0.308. The second kappa shape index (κ2) is 7.37. The summed E-state index contributed by atoms with van der Waals surface area (Å²) in [5.41, 5.74) is 0.626. The zero-order valence-corrected chi connectivity index (χ0v) is 11.1. The fourth-order valence-electron chi connectivity index (χ4n) is 1.51. The van der Waals surface area contributed by atoms with Crippen molar-refractivity contribution >= 4 is 17.7 Å². The van der Waals surface area contributed by atoms with Gasteiger partial charge in [-0.05, 0) is 17.7 Å². The highest BCUT2D eigenvalue weighted by Gasteiger charge is 2.25. The summed E-state index contributed by atoms with van der Waals surface area (Å²) < 4.78 is 9.32. The number of esters is 1. The second-order valence-corrected chi connectivity index (χ2v) is 3.88. The van der Waals surface area contributed by atoms with Crippen LogP contribution in [0.1, 0.15) is 5.56 Å². The quantitative estimate of drug-likeness (QED) is 0.477. The monoisotopic (exact) mass is 281 g/mol. The Morgan fingerprint density at radius 1 is 1.35 bits per heavy atom. The Kier molecular flexibility index (Phi) is 5.82. The number of nitro groups is 1. The number of rotatable bonds is 6. The smallest absolute Gasteiger partial charge is 0.338 e. The maximum atomic E-state index is 11.3. The van der Waals surface area contributed by atoms with Gasteiger partial charge in [0.2, 0.25) is 0 Å². The lowest BCUT2D eigenvalue weighted by Gasteiger charge is -2.16. The highest BCUT2D eigenvalue weighted by Crippen LogP contribution is 2.13. The average molecular weight is 281 g/mol. The Labute approximate surface area is 115 Å². The molecule has 0 amide bonds. The molecule has 1 N–H and O–H groups in total. The van der Waals surface area contributed by atoms with Gasteiger partial charge in [0.15, 0.2) is 6.10 Å². The lowest BCUT2D eigenvalue weighted by atomic mass is 10.1. The van der Waals surface area contributed by atoms with Crippen LogP contribution in [0.5, 0.6) is 0 Å². The first kappa shape index (κ1) is 15.8. The van der Waals surface area contributed by atoms with E-state index in [2.05, 4.69) is 4.74 Å². The normalized spacial score (nSPS) is 13.9. The molecule has 0 spiro atoms. The largest absolute Gasteiger partial charge is 0.467 e. The summed E-state index contributed by atoms with van der Waals surface area (Å²) in [7, 11) is 2.48. The molecule has 0 saturated carbocycles. The molecule has 0 aliphatic heterocycles. The molecular formula is C13H15NO6. The molecule has 0 fully saturated rings. The van der Waals surface area contributed by atoms with Gasteiger partial charge in [0, 0.05) is 19.2 Å². The molecular weight excluding hydrogens is 266 g/mol. The van der Waals surface area contributed by atoms with Crippen LogP contribution in [0.2, 0.25) is 0 Å². The van der Waals surface area contributed by atoms with Gasteiger partial charge in [0.05, 0.1) is 12.0 Å². The summed E-state index contributed by atoms with van der Waals surface area (Å²) >= 11 is 0.